The van der Waals surface area contributed by atoms with Gasteiger partial charge in [-0.3, -0.25) is 0 Å². The first-order valence-electron chi connectivity index (χ1n) is 5.80. The van der Waals surface area contributed by atoms with Crippen molar-refractivity contribution in [2.45, 2.75) is 39.2 Å². The van der Waals surface area contributed by atoms with Gasteiger partial charge in [-0.2, -0.15) is 0 Å². The van der Waals surface area contributed by atoms with Crippen molar-refractivity contribution in [3.8, 4) is 0 Å². The van der Waals surface area contributed by atoms with Crippen molar-refractivity contribution < 1.29 is 8.78 Å². The van der Waals surface area contributed by atoms with Crippen LogP contribution in [0.3, 0.4) is 0 Å². The van der Waals surface area contributed by atoms with E-state index >= 15 is 0 Å². The van der Waals surface area contributed by atoms with Crippen LogP contribution in [0.1, 0.15) is 32.3 Å². The molecule has 0 aromatic heterocycles. The minimum atomic E-state index is -0.377. The molecule has 1 atom stereocenters. The molecule has 90 valence electrons. The summed E-state index contributed by atoms with van der Waals surface area (Å²) in [5.41, 5.74) is 0.441. The van der Waals surface area contributed by atoms with Crippen molar-refractivity contribution in [2.75, 3.05) is 6.54 Å². The van der Waals surface area contributed by atoms with Gasteiger partial charge >= 0.3 is 0 Å². The Balaban J connectivity index is 2.39. The van der Waals surface area contributed by atoms with E-state index in [1.54, 1.807) is 0 Å². The van der Waals surface area contributed by atoms with Gasteiger partial charge in [-0.15, -0.1) is 0 Å². The predicted octanol–water partition coefficient (Wildman–Crippen LogP) is 3.29. The molecule has 1 unspecified atom stereocenters. The maximum Gasteiger partial charge on any atom is 0.126 e. The summed E-state index contributed by atoms with van der Waals surface area (Å²) in [5.74, 6) is -0.704. The quantitative estimate of drug-likeness (QED) is 0.786. The van der Waals surface area contributed by atoms with Crippen molar-refractivity contribution in [1.82, 2.24) is 5.32 Å². The second-order valence-electron chi connectivity index (χ2n) is 4.13. The van der Waals surface area contributed by atoms with Gasteiger partial charge in [0.25, 0.3) is 0 Å². The average molecular weight is 227 g/mol. The van der Waals surface area contributed by atoms with Crippen molar-refractivity contribution in [2.24, 2.45) is 0 Å². The summed E-state index contributed by atoms with van der Waals surface area (Å²) in [6, 6.07) is 4.02. The van der Waals surface area contributed by atoms with Gasteiger partial charge in [0.2, 0.25) is 0 Å². The maximum absolute atomic E-state index is 13.2. The van der Waals surface area contributed by atoms with E-state index in [1.807, 2.05) is 0 Å². The smallest absolute Gasteiger partial charge is 0.126 e. The van der Waals surface area contributed by atoms with Crippen LogP contribution in [-0.2, 0) is 6.42 Å². The zero-order chi connectivity index (χ0) is 12.0. The topological polar surface area (TPSA) is 12.0 Å². The number of hydrogen-bond donors (Lipinski definition) is 1. The van der Waals surface area contributed by atoms with E-state index < -0.39 is 0 Å². The van der Waals surface area contributed by atoms with Crippen LogP contribution in [0.25, 0.3) is 0 Å². The van der Waals surface area contributed by atoms with Gasteiger partial charge in [-0.25, -0.2) is 8.78 Å². The van der Waals surface area contributed by atoms with E-state index in [2.05, 4.69) is 19.2 Å². The largest absolute Gasteiger partial charge is 0.314 e. The molecule has 0 fully saturated rings. The summed E-state index contributed by atoms with van der Waals surface area (Å²) in [6.45, 7) is 4.91. The van der Waals surface area contributed by atoms with Gasteiger partial charge in [0.15, 0.2) is 0 Å². The standard InChI is InChI=1S/C13H19F2N/c1-3-4-10(2)16-8-7-11-9-12(14)5-6-13(11)15/h5-6,9-10,16H,3-4,7-8H2,1-2H3. The molecular formula is C13H19F2N. The average Bonchev–Trinajstić information content (AvgIpc) is 2.23. The first-order valence-corrected chi connectivity index (χ1v) is 5.80. The lowest BCUT2D eigenvalue weighted by molar-refractivity contribution is 0.505. The van der Waals surface area contributed by atoms with Crippen molar-refractivity contribution >= 4 is 0 Å². The Bertz CT molecular complexity index is 326. The van der Waals surface area contributed by atoms with E-state index in [-0.39, 0.29) is 11.6 Å². The van der Waals surface area contributed by atoms with Crippen molar-refractivity contribution in [3.63, 3.8) is 0 Å². The third kappa shape index (κ3) is 4.27. The molecular weight excluding hydrogens is 208 g/mol. The van der Waals surface area contributed by atoms with Crippen LogP contribution in [-0.4, -0.2) is 12.6 Å². The third-order valence-corrected chi connectivity index (χ3v) is 2.62. The predicted molar refractivity (Wildman–Crippen MR) is 62.4 cm³/mol. The van der Waals surface area contributed by atoms with Crippen LogP contribution < -0.4 is 5.32 Å². The second kappa shape index (κ2) is 6.59. The van der Waals surface area contributed by atoms with Gasteiger partial charge in [0.1, 0.15) is 11.6 Å². The minimum absolute atomic E-state index is 0.327. The molecule has 0 amide bonds. The van der Waals surface area contributed by atoms with Gasteiger partial charge < -0.3 is 5.32 Å². The monoisotopic (exact) mass is 227 g/mol. The second-order valence-corrected chi connectivity index (χ2v) is 4.13. The number of hydrogen-bond acceptors (Lipinski definition) is 1. The Morgan fingerprint density at radius 3 is 2.75 bits per heavy atom. The summed E-state index contributed by atoms with van der Waals surface area (Å²) >= 11 is 0. The Hall–Kier alpha value is -0.960. The number of nitrogens with one attached hydrogen (secondary N) is 1. The zero-order valence-electron chi connectivity index (χ0n) is 9.89. The molecule has 0 aliphatic carbocycles. The van der Waals surface area contributed by atoms with Crippen LogP contribution in [0, 0.1) is 11.6 Å². The fourth-order valence-corrected chi connectivity index (χ4v) is 1.72. The lowest BCUT2D eigenvalue weighted by Gasteiger charge is -2.12. The molecule has 16 heavy (non-hydrogen) atoms. The molecule has 1 rings (SSSR count). The molecule has 0 bridgehead atoms. The Labute approximate surface area is 95.9 Å². The molecule has 0 radical (unpaired) electrons. The molecule has 0 saturated carbocycles. The van der Waals surface area contributed by atoms with Crippen molar-refractivity contribution in [3.05, 3.63) is 35.4 Å². The van der Waals surface area contributed by atoms with E-state index in [0.717, 1.165) is 18.9 Å². The fourth-order valence-electron chi connectivity index (χ4n) is 1.72. The molecule has 1 aromatic carbocycles. The third-order valence-electron chi connectivity index (χ3n) is 2.62. The Morgan fingerprint density at radius 2 is 2.06 bits per heavy atom. The van der Waals surface area contributed by atoms with Crippen molar-refractivity contribution in [1.29, 1.82) is 0 Å². The van der Waals surface area contributed by atoms with Crippen LogP contribution in [0.2, 0.25) is 0 Å². The molecule has 0 heterocycles. The van der Waals surface area contributed by atoms with E-state index in [1.165, 1.54) is 12.1 Å². The first kappa shape index (κ1) is 13.1. The minimum Gasteiger partial charge on any atom is -0.314 e. The molecule has 0 spiro atoms. The van der Waals surface area contributed by atoms with Crippen LogP contribution in [0.15, 0.2) is 18.2 Å². The van der Waals surface area contributed by atoms with Gasteiger partial charge in [0.05, 0.1) is 0 Å². The normalized spacial score (nSPS) is 12.8. The highest BCUT2D eigenvalue weighted by Crippen LogP contribution is 2.10. The summed E-state index contributed by atoms with van der Waals surface area (Å²) < 4.78 is 26.1. The van der Waals surface area contributed by atoms with E-state index in [4.69, 9.17) is 0 Å². The highest BCUT2D eigenvalue weighted by Gasteiger charge is 2.04. The molecule has 0 aliphatic heterocycles. The number of halogens is 2. The fraction of sp³-hybridized carbons (Fsp3) is 0.538. The van der Waals surface area contributed by atoms with E-state index in [0.29, 0.717) is 24.6 Å². The number of rotatable bonds is 6. The SMILES string of the molecule is CCCC(C)NCCc1cc(F)ccc1F. The summed E-state index contributed by atoms with van der Waals surface area (Å²) in [6.07, 6.45) is 2.76. The highest BCUT2D eigenvalue weighted by atomic mass is 19.1. The van der Waals surface area contributed by atoms with Gasteiger partial charge in [-0.1, -0.05) is 13.3 Å². The highest BCUT2D eigenvalue weighted by molar-refractivity contribution is 5.18. The molecule has 1 N–H and O–H groups in total. The molecule has 0 aliphatic rings. The molecule has 3 heteroatoms. The van der Waals surface area contributed by atoms with Crippen LogP contribution in [0.5, 0.6) is 0 Å². The number of benzene rings is 1. The molecule has 0 saturated heterocycles. The van der Waals surface area contributed by atoms with Crippen LogP contribution >= 0.6 is 0 Å². The lowest BCUT2D eigenvalue weighted by Crippen LogP contribution is -2.28. The van der Waals surface area contributed by atoms with Gasteiger partial charge in [0, 0.05) is 6.04 Å². The summed E-state index contributed by atoms with van der Waals surface area (Å²) in [5, 5.41) is 3.29. The molecule has 1 aromatic rings. The zero-order valence-corrected chi connectivity index (χ0v) is 9.89. The van der Waals surface area contributed by atoms with Gasteiger partial charge in [-0.05, 0) is 50.1 Å². The maximum atomic E-state index is 13.2. The van der Waals surface area contributed by atoms with E-state index in [9.17, 15) is 8.78 Å². The van der Waals surface area contributed by atoms with Crippen LogP contribution in [0.4, 0.5) is 8.78 Å². The Kier molecular flexibility index (Phi) is 5.39. The Morgan fingerprint density at radius 1 is 1.31 bits per heavy atom. The first-order chi connectivity index (χ1) is 7.63. The lowest BCUT2D eigenvalue weighted by atomic mass is 10.1. The molecule has 1 nitrogen and oxygen atoms in total. The summed E-state index contributed by atoms with van der Waals surface area (Å²) in [7, 11) is 0. The summed E-state index contributed by atoms with van der Waals surface area (Å²) in [4.78, 5) is 0.